The third-order valence-electron chi connectivity index (χ3n) is 1.82. The number of hydrogen-bond acceptors (Lipinski definition) is 3. The third kappa shape index (κ3) is 4.10. The van der Waals surface area contributed by atoms with Crippen LogP contribution in [-0.2, 0) is 11.2 Å². The SMILES string of the molecule is CCOCC(O)CCc1ccco1. The van der Waals surface area contributed by atoms with Crippen LogP contribution in [0.3, 0.4) is 0 Å². The van der Waals surface area contributed by atoms with Crippen LogP contribution in [0.15, 0.2) is 22.8 Å². The van der Waals surface area contributed by atoms with Crippen molar-refractivity contribution in [2.45, 2.75) is 25.9 Å². The monoisotopic (exact) mass is 184 g/mol. The highest BCUT2D eigenvalue weighted by Crippen LogP contribution is 2.05. The Bertz CT molecular complexity index is 206. The Morgan fingerprint density at radius 2 is 2.46 bits per heavy atom. The Hall–Kier alpha value is -0.800. The molecule has 1 atom stereocenters. The molecule has 0 radical (unpaired) electrons. The van der Waals surface area contributed by atoms with E-state index in [1.54, 1.807) is 6.26 Å². The molecule has 3 heteroatoms. The van der Waals surface area contributed by atoms with Crippen LogP contribution in [0.1, 0.15) is 19.1 Å². The van der Waals surface area contributed by atoms with E-state index in [2.05, 4.69) is 0 Å². The lowest BCUT2D eigenvalue weighted by atomic mass is 10.2. The molecule has 0 amide bonds. The fourth-order valence-corrected chi connectivity index (χ4v) is 1.10. The molecule has 13 heavy (non-hydrogen) atoms. The molecular weight excluding hydrogens is 168 g/mol. The van der Waals surface area contributed by atoms with Crippen LogP contribution in [0, 0.1) is 0 Å². The molecule has 0 aliphatic carbocycles. The molecule has 0 spiro atoms. The van der Waals surface area contributed by atoms with E-state index in [1.807, 2.05) is 19.1 Å². The summed E-state index contributed by atoms with van der Waals surface area (Å²) in [4.78, 5) is 0. The van der Waals surface area contributed by atoms with Crippen molar-refractivity contribution < 1.29 is 14.3 Å². The van der Waals surface area contributed by atoms with Gasteiger partial charge in [0, 0.05) is 13.0 Å². The molecule has 0 bridgehead atoms. The van der Waals surface area contributed by atoms with Gasteiger partial charge in [-0.2, -0.15) is 0 Å². The van der Waals surface area contributed by atoms with Gasteiger partial charge < -0.3 is 14.3 Å². The zero-order valence-corrected chi connectivity index (χ0v) is 7.90. The Balaban J connectivity index is 2.11. The molecular formula is C10H16O3. The Morgan fingerprint density at radius 1 is 1.62 bits per heavy atom. The molecule has 1 unspecified atom stereocenters. The molecule has 74 valence electrons. The fraction of sp³-hybridized carbons (Fsp3) is 0.600. The maximum Gasteiger partial charge on any atom is 0.103 e. The maximum absolute atomic E-state index is 9.41. The number of aryl methyl sites for hydroxylation is 1. The van der Waals surface area contributed by atoms with Crippen LogP contribution in [0.2, 0.25) is 0 Å². The summed E-state index contributed by atoms with van der Waals surface area (Å²) in [7, 11) is 0. The quantitative estimate of drug-likeness (QED) is 0.730. The van der Waals surface area contributed by atoms with E-state index < -0.39 is 0 Å². The van der Waals surface area contributed by atoms with Gasteiger partial charge in [0.05, 0.1) is 19.0 Å². The van der Waals surface area contributed by atoms with Crippen LogP contribution in [0.25, 0.3) is 0 Å². The van der Waals surface area contributed by atoms with E-state index in [0.717, 1.165) is 12.2 Å². The summed E-state index contributed by atoms with van der Waals surface area (Å²) in [5.41, 5.74) is 0. The van der Waals surface area contributed by atoms with E-state index in [1.165, 1.54) is 0 Å². The third-order valence-corrected chi connectivity index (χ3v) is 1.82. The Labute approximate surface area is 78.3 Å². The highest BCUT2D eigenvalue weighted by molar-refractivity contribution is 4.98. The molecule has 0 aliphatic heterocycles. The zero-order chi connectivity index (χ0) is 9.52. The van der Waals surface area contributed by atoms with Crippen molar-refractivity contribution in [1.29, 1.82) is 0 Å². The minimum Gasteiger partial charge on any atom is -0.469 e. The van der Waals surface area contributed by atoms with Crippen LogP contribution >= 0.6 is 0 Å². The minimum absolute atomic E-state index is 0.384. The minimum atomic E-state index is -0.384. The summed E-state index contributed by atoms with van der Waals surface area (Å²) >= 11 is 0. The topological polar surface area (TPSA) is 42.6 Å². The predicted octanol–water partition coefficient (Wildman–Crippen LogP) is 1.61. The number of aliphatic hydroxyl groups excluding tert-OH is 1. The van der Waals surface area contributed by atoms with Crippen molar-refractivity contribution in [3.63, 3.8) is 0 Å². The molecule has 3 nitrogen and oxygen atoms in total. The van der Waals surface area contributed by atoms with Crippen LogP contribution < -0.4 is 0 Å². The summed E-state index contributed by atoms with van der Waals surface area (Å²) in [5.74, 6) is 0.913. The summed E-state index contributed by atoms with van der Waals surface area (Å²) in [6.45, 7) is 2.98. The normalized spacial score (nSPS) is 13.1. The van der Waals surface area contributed by atoms with Gasteiger partial charge in [-0.15, -0.1) is 0 Å². The van der Waals surface area contributed by atoms with Crippen LogP contribution in [0.4, 0.5) is 0 Å². The van der Waals surface area contributed by atoms with Crippen LogP contribution in [0.5, 0.6) is 0 Å². The summed E-state index contributed by atoms with van der Waals surface area (Å²) < 4.78 is 10.2. The Kier molecular flexibility index (Phi) is 4.57. The van der Waals surface area contributed by atoms with Gasteiger partial charge in [-0.1, -0.05) is 0 Å². The molecule has 0 fully saturated rings. The highest BCUT2D eigenvalue weighted by Gasteiger charge is 2.05. The molecule has 1 heterocycles. The van der Waals surface area contributed by atoms with Crippen molar-refractivity contribution >= 4 is 0 Å². The lowest BCUT2D eigenvalue weighted by Crippen LogP contribution is -2.15. The number of furan rings is 1. The van der Waals surface area contributed by atoms with E-state index in [4.69, 9.17) is 9.15 Å². The number of ether oxygens (including phenoxy) is 1. The smallest absolute Gasteiger partial charge is 0.103 e. The van der Waals surface area contributed by atoms with Gasteiger partial charge in [-0.25, -0.2) is 0 Å². The molecule has 1 aromatic rings. The number of hydrogen-bond donors (Lipinski definition) is 1. The van der Waals surface area contributed by atoms with Gasteiger partial charge >= 0.3 is 0 Å². The summed E-state index contributed by atoms with van der Waals surface area (Å²) in [6, 6.07) is 3.76. The molecule has 1 rings (SSSR count). The van der Waals surface area contributed by atoms with Gasteiger partial charge in [-0.05, 0) is 25.5 Å². The zero-order valence-electron chi connectivity index (χ0n) is 7.90. The van der Waals surface area contributed by atoms with Gasteiger partial charge in [0.1, 0.15) is 5.76 Å². The second-order valence-corrected chi connectivity index (χ2v) is 2.93. The second kappa shape index (κ2) is 5.78. The average Bonchev–Trinajstić information content (AvgIpc) is 2.64. The van der Waals surface area contributed by atoms with Crippen molar-refractivity contribution in [3.05, 3.63) is 24.2 Å². The first-order chi connectivity index (χ1) is 6.33. The molecule has 0 aromatic carbocycles. The predicted molar refractivity (Wildman–Crippen MR) is 49.5 cm³/mol. The molecule has 1 N–H and O–H groups in total. The maximum atomic E-state index is 9.41. The van der Waals surface area contributed by atoms with Crippen molar-refractivity contribution in [2.24, 2.45) is 0 Å². The molecule has 0 saturated heterocycles. The first-order valence-electron chi connectivity index (χ1n) is 4.61. The fourth-order valence-electron chi connectivity index (χ4n) is 1.10. The van der Waals surface area contributed by atoms with Crippen LogP contribution in [-0.4, -0.2) is 24.4 Å². The lowest BCUT2D eigenvalue weighted by molar-refractivity contribution is 0.0377. The Morgan fingerprint density at radius 3 is 3.08 bits per heavy atom. The molecule has 0 saturated carbocycles. The number of aliphatic hydroxyl groups is 1. The van der Waals surface area contributed by atoms with Crippen molar-refractivity contribution in [2.75, 3.05) is 13.2 Å². The highest BCUT2D eigenvalue weighted by atomic mass is 16.5. The molecule has 1 aromatic heterocycles. The van der Waals surface area contributed by atoms with E-state index in [-0.39, 0.29) is 6.10 Å². The largest absolute Gasteiger partial charge is 0.469 e. The van der Waals surface area contributed by atoms with Gasteiger partial charge in [0.15, 0.2) is 0 Å². The van der Waals surface area contributed by atoms with Crippen molar-refractivity contribution in [3.8, 4) is 0 Å². The summed E-state index contributed by atoms with van der Waals surface area (Å²) in [5, 5.41) is 9.41. The number of rotatable bonds is 6. The second-order valence-electron chi connectivity index (χ2n) is 2.93. The lowest BCUT2D eigenvalue weighted by Gasteiger charge is -2.08. The van der Waals surface area contributed by atoms with Gasteiger partial charge in [0.25, 0.3) is 0 Å². The summed E-state index contributed by atoms with van der Waals surface area (Å²) in [6.07, 6.45) is 2.71. The van der Waals surface area contributed by atoms with E-state index in [9.17, 15) is 5.11 Å². The first kappa shape index (κ1) is 10.3. The standard InChI is InChI=1S/C10H16O3/c1-2-12-8-9(11)5-6-10-4-3-7-13-10/h3-4,7,9,11H,2,5-6,8H2,1H3. The van der Waals surface area contributed by atoms with E-state index >= 15 is 0 Å². The van der Waals surface area contributed by atoms with Gasteiger partial charge in [0.2, 0.25) is 0 Å². The molecule has 0 aliphatic rings. The van der Waals surface area contributed by atoms with Gasteiger partial charge in [-0.3, -0.25) is 0 Å². The van der Waals surface area contributed by atoms with E-state index in [0.29, 0.717) is 19.6 Å². The first-order valence-corrected chi connectivity index (χ1v) is 4.61. The average molecular weight is 184 g/mol. The van der Waals surface area contributed by atoms with Crippen molar-refractivity contribution in [1.82, 2.24) is 0 Å².